The molecule has 0 saturated heterocycles. The van der Waals surface area contributed by atoms with Crippen LogP contribution in [0.1, 0.15) is 27.7 Å². The van der Waals surface area contributed by atoms with E-state index in [-0.39, 0.29) is 11.7 Å². The maximum absolute atomic E-state index is 11.3. The molecule has 60 valence electrons. The third-order valence-electron chi connectivity index (χ3n) is 1.63. The number of methoxy groups -OCH3 is 1. The summed E-state index contributed by atoms with van der Waals surface area (Å²) in [6, 6.07) is 0. The number of carbonyl (C=O) groups is 1. The van der Waals surface area contributed by atoms with Crippen LogP contribution in [0.2, 0.25) is 0 Å². The third-order valence-corrected chi connectivity index (χ3v) is 1.63. The van der Waals surface area contributed by atoms with Gasteiger partial charge in [0.2, 0.25) is 0 Å². The average Bonchev–Trinajstić information content (AvgIpc) is 1.86. The van der Waals surface area contributed by atoms with Crippen molar-refractivity contribution >= 4 is 5.78 Å². The zero-order chi connectivity index (χ0) is 8.36. The predicted octanol–water partition coefficient (Wildman–Crippen LogP) is 1.64. The Labute approximate surface area is 62.6 Å². The van der Waals surface area contributed by atoms with Gasteiger partial charge in [-0.05, 0) is 13.8 Å². The maximum Gasteiger partial charge on any atom is 0.166 e. The van der Waals surface area contributed by atoms with Gasteiger partial charge >= 0.3 is 0 Å². The van der Waals surface area contributed by atoms with E-state index < -0.39 is 5.60 Å². The van der Waals surface area contributed by atoms with Crippen LogP contribution >= 0.6 is 0 Å². The summed E-state index contributed by atoms with van der Waals surface area (Å²) in [5, 5.41) is 0. The molecular weight excluding hydrogens is 128 g/mol. The van der Waals surface area contributed by atoms with Gasteiger partial charge in [-0.1, -0.05) is 13.8 Å². The molecule has 0 aromatic carbocycles. The van der Waals surface area contributed by atoms with Gasteiger partial charge in [-0.2, -0.15) is 0 Å². The number of ether oxygens (including phenoxy) is 1. The Morgan fingerprint density at radius 3 is 1.90 bits per heavy atom. The van der Waals surface area contributed by atoms with E-state index in [1.54, 1.807) is 21.0 Å². The van der Waals surface area contributed by atoms with Crippen LogP contribution < -0.4 is 0 Å². The van der Waals surface area contributed by atoms with Gasteiger partial charge in [-0.15, -0.1) is 0 Å². The van der Waals surface area contributed by atoms with Crippen molar-refractivity contribution in [3.63, 3.8) is 0 Å². The molecule has 2 heteroatoms. The van der Waals surface area contributed by atoms with Crippen molar-refractivity contribution in [3.05, 3.63) is 0 Å². The van der Waals surface area contributed by atoms with Gasteiger partial charge in [-0.25, -0.2) is 0 Å². The van der Waals surface area contributed by atoms with Crippen LogP contribution in [0.5, 0.6) is 0 Å². The van der Waals surface area contributed by atoms with Crippen molar-refractivity contribution < 1.29 is 9.53 Å². The summed E-state index contributed by atoms with van der Waals surface area (Å²) >= 11 is 0. The molecule has 0 radical (unpaired) electrons. The van der Waals surface area contributed by atoms with Crippen molar-refractivity contribution in [1.29, 1.82) is 0 Å². The van der Waals surface area contributed by atoms with Crippen molar-refractivity contribution in [3.8, 4) is 0 Å². The van der Waals surface area contributed by atoms with Crippen molar-refractivity contribution in [1.82, 2.24) is 0 Å². The first kappa shape index (κ1) is 9.63. The van der Waals surface area contributed by atoms with Gasteiger partial charge in [0, 0.05) is 13.0 Å². The lowest BCUT2D eigenvalue weighted by atomic mass is 9.94. The Morgan fingerprint density at radius 2 is 1.80 bits per heavy atom. The van der Waals surface area contributed by atoms with Crippen molar-refractivity contribution in [2.75, 3.05) is 7.11 Å². The maximum atomic E-state index is 11.3. The highest BCUT2D eigenvalue weighted by molar-refractivity contribution is 5.88. The summed E-state index contributed by atoms with van der Waals surface area (Å²) in [5.41, 5.74) is -0.617. The van der Waals surface area contributed by atoms with E-state index in [1.807, 2.05) is 13.8 Å². The van der Waals surface area contributed by atoms with Gasteiger partial charge in [0.15, 0.2) is 5.78 Å². The standard InChI is InChI=1S/C8H16O2/c1-6(2)7(9)8(3,4)10-5/h6H,1-5H3. The fraction of sp³-hybridized carbons (Fsp3) is 0.875. The van der Waals surface area contributed by atoms with E-state index in [0.29, 0.717) is 0 Å². The summed E-state index contributed by atoms with van der Waals surface area (Å²) in [6.45, 7) is 7.33. The fourth-order valence-corrected chi connectivity index (χ4v) is 0.796. The Morgan fingerprint density at radius 1 is 1.40 bits per heavy atom. The topological polar surface area (TPSA) is 26.3 Å². The highest BCUT2D eigenvalue weighted by Gasteiger charge is 2.28. The van der Waals surface area contributed by atoms with Crippen molar-refractivity contribution in [2.24, 2.45) is 5.92 Å². The smallest absolute Gasteiger partial charge is 0.166 e. The Bertz CT molecular complexity index is 125. The minimum Gasteiger partial charge on any atom is -0.371 e. The summed E-state index contributed by atoms with van der Waals surface area (Å²) in [6.07, 6.45) is 0. The molecule has 0 bridgehead atoms. The van der Waals surface area contributed by atoms with Crippen molar-refractivity contribution in [2.45, 2.75) is 33.3 Å². The Hall–Kier alpha value is -0.370. The van der Waals surface area contributed by atoms with Gasteiger partial charge in [0.1, 0.15) is 5.60 Å². The molecule has 0 amide bonds. The molecule has 0 aliphatic carbocycles. The second-order valence-corrected chi connectivity index (χ2v) is 3.23. The van der Waals surface area contributed by atoms with Crippen LogP contribution in [-0.4, -0.2) is 18.5 Å². The molecule has 0 spiro atoms. The quantitative estimate of drug-likeness (QED) is 0.602. The molecule has 0 aliphatic rings. The van der Waals surface area contributed by atoms with Crippen LogP contribution in [0.4, 0.5) is 0 Å². The molecule has 0 unspecified atom stereocenters. The van der Waals surface area contributed by atoms with Crippen LogP contribution in [0.3, 0.4) is 0 Å². The molecule has 0 aromatic heterocycles. The van der Waals surface area contributed by atoms with E-state index in [1.165, 1.54) is 0 Å². The second kappa shape index (κ2) is 3.15. The van der Waals surface area contributed by atoms with E-state index in [2.05, 4.69) is 0 Å². The molecule has 0 aliphatic heterocycles. The number of hydrogen-bond donors (Lipinski definition) is 0. The molecule has 0 N–H and O–H groups in total. The predicted molar refractivity (Wildman–Crippen MR) is 40.9 cm³/mol. The molecular formula is C8H16O2. The van der Waals surface area contributed by atoms with E-state index in [9.17, 15) is 4.79 Å². The fourth-order valence-electron chi connectivity index (χ4n) is 0.796. The molecule has 0 aromatic rings. The molecule has 10 heavy (non-hydrogen) atoms. The lowest BCUT2D eigenvalue weighted by Gasteiger charge is -2.22. The minimum absolute atomic E-state index is 0.0509. The summed E-state index contributed by atoms with van der Waals surface area (Å²) in [5.74, 6) is 0.199. The molecule has 2 nitrogen and oxygen atoms in total. The summed E-state index contributed by atoms with van der Waals surface area (Å²) < 4.78 is 5.01. The van der Waals surface area contributed by atoms with E-state index in [0.717, 1.165) is 0 Å². The van der Waals surface area contributed by atoms with Gasteiger partial charge in [0.05, 0.1) is 0 Å². The number of Topliss-reactive ketones (excluding diaryl/α,β-unsaturated/α-hetero) is 1. The average molecular weight is 144 g/mol. The summed E-state index contributed by atoms with van der Waals surface area (Å²) in [4.78, 5) is 11.3. The van der Waals surface area contributed by atoms with Gasteiger partial charge in [-0.3, -0.25) is 4.79 Å². The molecule has 0 heterocycles. The lowest BCUT2D eigenvalue weighted by molar-refractivity contribution is -0.140. The second-order valence-electron chi connectivity index (χ2n) is 3.23. The normalized spacial score (nSPS) is 12.2. The number of carbonyl (C=O) groups excluding carboxylic acids is 1. The molecule has 0 rings (SSSR count). The zero-order valence-corrected chi connectivity index (χ0v) is 7.39. The highest BCUT2D eigenvalue weighted by atomic mass is 16.5. The Kier molecular flexibility index (Phi) is 3.03. The lowest BCUT2D eigenvalue weighted by Crippen LogP contribution is -2.36. The third kappa shape index (κ3) is 2.10. The summed E-state index contributed by atoms with van der Waals surface area (Å²) in [7, 11) is 1.56. The number of ketones is 1. The SMILES string of the molecule is COC(C)(C)C(=O)C(C)C. The van der Waals surface area contributed by atoms with E-state index >= 15 is 0 Å². The first-order valence-corrected chi connectivity index (χ1v) is 3.51. The van der Waals surface area contributed by atoms with Crippen LogP contribution in [0.25, 0.3) is 0 Å². The zero-order valence-electron chi connectivity index (χ0n) is 7.39. The number of hydrogen-bond acceptors (Lipinski definition) is 2. The first-order valence-electron chi connectivity index (χ1n) is 3.51. The number of rotatable bonds is 3. The highest BCUT2D eigenvalue weighted by Crippen LogP contribution is 2.14. The molecule has 0 atom stereocenters. The van der Waals surface area contributed by atoms with E-state index in [4.69, 9.17) is 4.74 Å². The van der Waals surface area contributed by atoms with Gasteiger partial charge in [0.25, 0.3) is 0 Å². The molecule has 0 fully saturated rings. The Balaban J connectivity index is 4.19. The minimum atomic E-state index is -0.617. The largest absolute Gasteiger partial charge is 0.371 e. The first-order chi connectivity index (χ1) is 4.41. The molecule has 0 saturated carbocycles. The van der Waals surface area contributed by atoms with Crippen LogP contribution in [-0.2, 0) is 9.53 Å². The van der Waals surface area contributed by atoms with Crippen LogP contribution in [0.15, 0.2) is 0 Å². The van der Waals surface area contributed by atoms with Gasteiger partial charge < -0.3 is 4.74 Å². The monoisotopic (exact) mass is 144 g/mol. The van der Waals surface area contributed by atoms with Crippen LogP contribution in [0, 0.1) is 5.92 Å².